The largest absolute Gasteiger partial charge is 0.308 e. The van der Waals surface area contributed by atoms with E-state index in [0.29, 0.717) is 17.6 Å². The highest BCUT2D eigenvalue weighted by molar-refractivity contribution is 7.84. The molecule has 0 amide bonds. The molecular weight excluding hydrogens is 244 g/mol. The number of piperazine rings is 1. The smallest absolute Gasteiger partial charge is 0.0309 e. The molecule has 1 aliphatic carbocycles. The summed E-state index contributed by atoms with van der Waals surface area (Å²) in [6.45, 7) is 9.22. The van der Waals surface area contributed by atoms with Crippen molar-refractivity contribution in [2.75, 3.05) is 25.1 Å². The normalized spacial score (nSPS) is 37.4. The van der Waals surface area contributed by atoms with Crippen LogP contribution in [0.2, 0.25) is 0 Å². The van der Waals surface area contributed by atoms with Gasteiger partial charge in [0.25, 0.3) is 0 Å². The van der Waals surface area contributed by atoms with Crippen LogP contribution in [0.15, 0.2) is 0 Å². The Bertz CT molecular complexity index is 319. The highest BCUT2D eigenvalue weighted by Gasteiger charge is 2.45. The van der Waals surface area contributed by atoms with E-state index >= 15 is 0 Å². The fourth-order valence-electron chi connectivity index (χ4n) is 3.18. The molecule has 0 aromatic rings. The van der Waals surface area contributed by atoms with Crippen molar-refractivity contribution in [1.29, 1.82) is 0 Å². The molecule has 4 unspecified atom stereocenters. The first-order chi connectivity index (χ1) is 8.42. The Labute approximate surface area is 114 Å². The molecule has 18 heavy (non-hydrogen) atoms. The minimum Gasteiger partial charge on any atom is -0.308 e. The number of rotatable bonds is 5. The maximum atomic E-state index is 11.2. The molecule has 0 aromatic heterocycles. The Morgan fingerprint density at radius 1 is 1.50 bits per heavy atom. The van der Waals surface area contributed by atoms with Gasteiger partial charge < -0.3 is 5.32 Å². The first kappa shape index (κ1) is 14.5. The average Bonchev–Trinajstić information content (AvgIpc) is 3.13. The van der Waals surface area contributed by atoms with Gasteiger partial charge in [-0.25, -0.2) is 0 Å². The standard InChI is InChI=1S/C14H28N2OS/c1-11(7-8-18(4)17)16-10-14(3,13-5-6-13)15-9-12(16)2/h11-13,15H,5-10H2,1-4H3. The van der Waals surface area contributed by atoms with Crippen molar-refractivity contribution in [2.45, 2.75) is 57.7 Å². The van der Waals surface area contributed by atoms with Crippen LogP contribution >= 0.6 is 0 Å². The molecule has 0 bridgehead atoms. The van der Waals surface area contributed by atoms with Crippen LogP contribution < -0.4 is 5.32 Å². The third kappa shape index (κ3) is 3.34. The quantitative estimate of drug-likeness (QED) is 0.825. The second-order valence-corrected chi connectivity index (χ2v) is 8.06. The maximum absolute atomic E-state index is 11.2. The fraction of sp³-hybridized carbons (Fsp3) is 1.00. The lowest BCUT2D eigenvalue weighted by Gasteiger charge is -2.48. The summed E-state index contributed by atoms with van der Waals surface area (Å²) in [5, 5.41) is 3.76. The Morgan fingerprint density at radius 2 is 2.17 bits per heavy atom. The van der Waals surface area contributed by atoms with Gasteiger partial charge in [0.05, 0.1) is 0 Å². The van der Waals surface area contributed by atoms with Gasteiger partial charge in [0, 0.05) is 53.5 Å². The molecular formula is C14H28N2OS. The molecule has 0 aromatic carbocycles. The van der Waals surface area contributed by atoms with E-state index in [1.165, 1.54) is 12.8 Å². The minimum atomic E-state index is -0.660. The summed E-state index contributed by atoms with van der Waals surface area (Å²) in [5.74, 6) is 1.71. The van der Waals surface area contributed by atoms with Crippen molar-refractivity contribution in [3.8, 4) is 0 Å². The Kier molecular flexibility index (Phi) is 4.50. The van der Waals surface area contributed by atoms with E-state index in [-0.39, 0.29) is 0 Å². The summed E-state index contributed by atoms with van der Waals surface area (Å²) in [7, 11) is -0.660. The van der Waals surface area contributed by atoms with Crippen molar-refractivity contribution >= 4 is 10.8 Å². The lowest BCUT2D eigenvalue weighted by Crippen LogP contribution is -2.65. The van der Waals surface area contributed by atoms with Gasteiger partial charge in [-0.2, -0.15) is 0 Å². The Morgan fingerprint density at radius 3 is 2.72 bits per heavy atom. The van der Waals surface area contributed by atoms with E-state index in [0.717, 1.165) is 31.2 Å². The second-order valence-electron chi connectivity index (χ2n) is 6.51. The lowest BCUT2D eigenvalue weighted by molar-refractivity contribution is 0.0511. The number of hydrogen-bond donors (Lipinski definition) is 1. The van der Waals surface area contributed by atoms with Crippen LogP contribution in [0, 0.1) is 5.92 Å². The van der Waals surface area contributed by atoms with E-state index in [1.807, 2.05) is 6.26 Å². The highest BCUT2D eigenvalue weighted by Crippen LogP contribution is 2.41. The predicted molar refractivity (Wildman–Crippen MR) is 78.3 cm³/mol. The Hall–Kier alpha value is 0.0700. The van der Waals surface area contributed by atoms with Gasteiger partial charge in [-0.15, -0.1) is 0 Å². The average molecular weight is 272 g/mol. The maximum Gasteiger partial charge on any atom is 0.0309 e. The number of nitrogens with one attached hydrogen (secondary N) is 1. The summed E-state index contributed by atoms with van der Waals surface area (Å²) in [4.78, 5) is 2.63. The van der Waals surface area contributed by atoms with Crippen LogP contribution in [0.4, 0.5) is 0 Å². The molecule has 2 fully saturated rings. The Balaban J connectivity index is 1.94. The molecule has 4 atom stereocenters. The summed E-state index contributed by atoms with van der Waals surface area (Å²) in [6.07, 6.45) is 5.63. The van der Waals surface area contributed by atoms with Crippen molar-refractivity contribution in [2.24, 2.45) is 5.92 Å². The molecule has 0 spiro atoms. The van der Waals surface area contributed by atoms with Crippen LogP contribution in [0.1, 0.15) is 40.0 Å². The minimum absolute atomic E-state index is 0.312. The van der Waals surface area contributed by atoms with Crippen LogP contribution in [-0.2, 0) is 10.8 Å². The van der Waals surface area contributed by atoms with Gasteiger partial charge in [-0.05, 0) is 46.0 Å². The SMILES string of the molecule is CC(CCS(C)=O)N1CC(C)(C2CC2)NCC1C. The summed E-state index contributed by atoms with van der Waals surface area (Å²) >= 11 is 0. The van der Waals surface area contributed by atoms with Crippen LogP contribution in [0.3, 0.4) is 0 Å². The molecule has 3 nitrogen and oxygen atoms in total. The topological polar surface area (TPSA) is 32.3 Å². The number of nitrogens with zero attached hydrogens (tertiary/aromatic N) is 1. The predicted octanol–water partition coefficient (Wildman–Crippen LogP) is 1.61. The van der Waals surface area contributed by atoms with E-state index in [9.17, 15) is 4.21 Å². The van der Waals surface area contributed by atoms with E-state index in [4.69, 9.17) is 0 Å². The van der Waals surface area contributed by atoms with E-state index in [2.05, 4.69) is 31.0 Å². The van der Waals surface area contributed by atoms with Crippen molar-refractivity contribution in [1.82, 2.24) is 10.2 Å². The zero-order valence-electron chi connectivity index (χ0n) is 12.2. The van der Waals surface area contributed by atoms with Gasteiger partial charge >= 0.3 is 0 Å². The first-order valence-electron chi connectivity index (χ1n) is 7.23. The van der Waals surface area contributed by atoms with E-state index < -0.39 is 10.8 Å². The molecule has 2 aliphatic rings. The van der Waals surface area contributed by atoms with Gasteiger partial charge in [-0.3, -0.25) is 9.11 Å². The summed E-state index contributed by atoms with van der Waals surface area (Å²) in [6, 6.07) is 1.14. The lowest BCUT2D eigenvalue weighted by atomic mass is 9.90. The zero-order chi connectivity index (χ0) is 13.3. The van der Waals surface area contributed by atoms with Gasteiger partial charge in [-0.1, -0.05) is 0 Å². The first-order valence-corrected chi connectivity index (χ1v) is 8.96. The molecule has 1 heterocycles. The monoisotopic (exact) mass is 272 g/mol. The summed E-state index contributed by atoms with van der Waals surface area (Å²) in [5.41, 5.74) is 0.312. The molecule has 2 rings (SSSR count). The third-order valence-electron chi connectivity index (χ3n) is 4.75. The highest BCUT2D eigenvalue weighted by atomic mass is 32.2. The van der Waals surface area contributed by atoms with E-state index in [1.54, 1.807) is 0 Å². The molecule has 1 saturated carbocycles. The zero-order valence-corrected chi connectivity index (χ0v) is 13.1. The fourth-order valence-corrected chi connectivity index (χ4v) is 3.85. The molecule has 0 radical (unpaired) electrons. The molecule has 1 N–H and O–H groups in total. The third-order valence-corrected chi connectivity index (χ3v) is 5.56. The van der Waals surface area contributed by atoms with Gasteiger partial charge in [0.15, 0.2) is 0 Å². The molecule has 1 saturated heterocycles. The second kappa shape index (κ2) is 5.59. The van der Waals surface area contributed by atoms with Crippen LogP contribution in [0.5, 0.6) is 0 Å². The van der Waals surface area contributed by atoms with Crippen LogP contribution in [-0.4, -0.2) is 51.8 Å². The van der Waals surface area contributed by atoms with Crippen molar-refractivity contribution in [3.05, 3.63) is 0 Å². The van der Waals surface area contributed by atoms with Crippen LogP contribution in [0.25, 0.3) is 0 Å². The molecule has 106 valence electrons. The van der Waals surface area contributed by atoms with Crippen molar-refractivity contribution in [3.63, 3.8) is 0 Å². The van der Waals surface area contributed by atoms with Gasteiger partial charge in [0.2, 0.25) is 0 Å². The summed E-state index contributed by atoms with van der Waals surface area (Å²) < 4.78 is 11.2. The van der Waals surface area contributed by atoms with Gasteiger partial charge in [0.1, 0.15) is 0 Å². The number of hydrogen-bond acceptors (Lipinski definition) is 3. The molecule has 4 heteroatoms. The molecule has 1 aliphatic heterocycles. The van der Waals surface area contributed by atoms with Crippen molar-refractivity contribution < 1.29 is 4.21 Å².